The zero-order chi connectivity index (χ0) is 14.0. The minimum absolute atomic E-state index is 0.172. The van der Waals surface area contributed by atoms with Gasteiger partial charge in [0, 0.05) is 0 Å². The maximum absolute atomic E-state index is 11.7. The van der Waals surface area contributed by atoms with Crippen LogP contribution in [-0.4, -0.2) is 29.3 Å². The van der Waals surface area contributed by atoms with E-state index in [0.29, 0.717) is 17.1 Å². The van der Waals surface area contributed by atoms with E-state index in [9.17, 15) is 9.90 Å². The molecule has 0 bridgehead atoms. The number of ether oxygens (including phenoxy) is 2. The van der Waals surface area contributed by atoms with Crippen LogP contribution in [-0.2, 0) is 0 Å². The summed E-state index contributed by atoms with van der Waals surface area (Å²) in [4.78, 5) is 18.2. The number of aromatic hydroxyl groups is 1. The number of aromatic amines is 1. The van der Waals surface area contributed by atoms with Gasteiger partial charge in [0.25, 0.3) is 5.56 Å². The number of hydrogen-bond acceptors (Lipinski definition) is 5. The molecule has 0 radical (unpaired) electrons. The van der Waals surface area contributed by atoms with Crippen molar-refractivity contribution in [1.82, 2.24) is 9.97 Å². The maximum atomic E-state index is 11.7. The number of methoxy groups -OCH3 is 2. The molecule has 100 valence electrons. The summed E-state index contributed by atoms with van der Waals surface area (Å²) >= 11 is 0. The van der Waals surface area contributed by atoms with Crippen LogP contribution < -0.4 is 15.0 Å². The Balaban J connectivity index is 2.69. The standard InChI is InChI=1S/C13H14N2O4/c1-7-12(16)14-11(15-13(7)17)8-5-4-6-9(18-2)10(8)19-3/h4-6H,1-3H3,(H2,14,15,16,17). The number of nitrogens with one attached hydrogen (secondary N) is 1. The normalized spacial score (nSPS) is 10.3. The van der Waals surface area contributed by atoms with E-state index < -0.39 is 5.56 Å². The van der Waals surface area contributed by atoms with E-state index in [0.717, 1.165) is 0 Å². The van der Waals surface area contributed by atoms with Gasteiger partial charge in [-0.3, -0.25) is 4.79 Å². The Hall–Kier alpha value is -2.50. The van der Waals surface area contributed by atoms with Crippen molar-refractivity contribution in [3.05, 3.63) is 34.1 Å². The minimum Gasteiger partial charge on any atom is -0.493 e. The van der Waals surface area contributed by atoms with Gasteiger partial charge in [0.15, 0.2) is 11.5 Å². The molecule has 19 heavy (non-hydrogen) atoms. The Morgan fingerprint density at radius 2 is 2.00 bits per heavy atom. The molecule has 0 spiro atoms. The van der Waals surface area contributed by atoms with Gasteiger partial charge in [-0.1, -0.05) is 6.07 Å². The molecule has 2 rings (SSSR count). The summed E-state index contributed by atoms with van der Waals surface area (Å²) in [5.41, 5.74) is 0.312. The smallest absolute Gasteiger partial charge is 0.257 e. The van der Waals surface area contributed by atoms with Crippen LogP contribution in [0.3, 0.4) is 0 Å². The van der Waals surface area contributed by atoms with Gasteiger partial charge in [-0.05, 0) is 19.1 Å². The Morgan fingerprint density at radius 1 is 1.26 bits per heavy atom. The molecule has 1 aromatic carbocycles. The lowest BCUT2D eigenvalue weighted by Gasteiger charge is -2.12. The number of H-pyrrole nitrogens is 1. The molecule has 0 saturated heterocycles. The van der Waals surface area contributed by atoms with Crippen LogP contribution in [0.15, 0.2) is 23.0 Å². The van der Waals surface area contributed by atoms with Crippen LogP contribution in [0.1, 0.15) is 5.56 Å². The highest BCUT2D eigenvalue weighted by Crippen LogP contribution is 2.36. The highest BCUT2D eigenvalue weighted by atomic mass is 16.5. The van der Waals surface area contributed by atoms with E-state index >= 15 is 0 Å². The number of hydrogen-bond donors (Lipinski definition) is 2. The third-order valence-corrected chi connectivity index (χ3v) is 2.78. The first-order chi connectivity index (χ1) is 9.08. The van der Waals surface area contributed by atoms with Gasteiger partial charge < -0.3 is 19.6 Å². The molecular formula is C13H14N2O4. The second-order valence-corrected chi connectivity index (χ2v) is 3.90. The fraction of sp³-hybridized carbons (Fsp3) is 0.231. The van der Waals surface area contributed by atoms with E-state index in [1.165, 1.54) is 21.1 Å². The summed E-state index contributed by atoms with van der Waals surface area (Å²) in [6.07, 6.45) is 0. The predicted octanol–water partition coefficient (Wildman–Crippen LogP) is 1.47. The van der Waals surface area contributed by atoms with Crippen molar-refractivity contribution < 1.29 is 14.6 Å². The monoisotopic (exact) mass is 262 g/mol. The molecule has 2 aromatic rings. The molecule has 6 heteroatoms. The van der Waals surface area contributed by atoms with Gasteiger partial charge in [-0.2, -0.15) is 4.98 Å². The summed E-state index contributed by atoms with van der Waals surface area (Å²) in [5.74, 6) is 0.881. The zero-order valence-electron chi connectivity index (χ0n) is 10.9. The first kappa shape index (κ1) is 12.9. The zero-order valence-corrected chi connectivity index (χ0v) is 10.9. The third kappa shape index (κ3) is 2.24. The number of para-hydroxylation sites is 1. The van der Waals surface area contributed by atoms with E-state index in [1.807, 2.05) is 0 Å². The van der Waals surface area contributed by atoms with Crippen LogP contribution in [0, 0.1) is 6.92 Å². The highest BCUT2D eigenvalue weighted by molar-refractivity contribution is 5.69. The van der Waals surface area contributed by atoms with Crippen LogP contribution in [0.25, 0.3) is 11.4 Å². The van der Waals surface area contributed by atoms with Crippen LogP contribution in [0.2, 0.25) is 0 Å². The Bertz CT molecular complexity index is 664. The van der Waals surface area contributed by atoms with E-state index in [1.54, 1.807) is 18.2 Å². The number of nitrogens with zero attached hydrogens (tertiary/aromatic N) is 1. The van der Waals surface area contributed by atoms with Gasteiger partial charge in [0.2, 0.25) is 5.88 Å². The highest BCUT2D eigenvalue weighted by Gasteiger charge is 2.15. The molecule has 0 unspecified atom stereocenters. The van der Waals surface area contributed by atoms with Gasteiger partial charge in [-0.25, -0.2) is 0 Å². The molecule has 1 aromatic heterocycles. The number of aromatic nitrogens is 2. The molecule has 2 N–H and O–H groups in total. The number of rotatable bonds is 3. The summed E-state index contributed by atoms with van der Waals surface area (Å²) in [7, 11) is 3.01. The number of benzene rings is 1. The fourth-order valence-electron chi connectivity index (χ4n) is 1.72. The van der Waals surface area contributed by atoms with E-state index in [2.05, 4.69) is 9.97 Å². The van der Waals surface area contributed by atoms with Crippen LogP contribution >= 0.6 is 0 Å². The largest absolute Gasteiger partial charge is 0.493 e. The molecule has 0 fully saturated rings. The summed E-state index contributed by atoms with van der Waals surface area (Å²) < 4.78 is 10.4. The van der Waals surface area contributed by atoms with Crippen molar-refractivity contribution in [3.8, 4) is 28.8 Å². The summed E-state index contributed by atoms with van der Waals surface area (Å²) in [5, 5.41) is 9.63. The molecular weight excluding hydrogens is 248 g/mol. The minimum atomic E-state index is -0.396. The van der Waals surface area contributed by atoms with Gasteiger partial charge in [0.1, 0.15) is 5.82 Å². The fourth-order valence-corrected chi connectivity index (χ4v) is 1.72. The first-order valence-electron chi connectivity index (χ1n) is 5.59. The van der Waals surface area contributed by atoms with Gasteiger partial charge in [-0.15, -0.1) is 0 Å². The molecule has 0 aliphatic heterocycles. The van der Waals surface area contributed by atoms with Crippen molar-refractivity contribution in [2.24, 2.45) is 0 Å². The predicted molar refractivity (Wildman–Crippen MR) is 69.8 cm³/mol. The lowest BCUT2D eigenvalue weighted by atomic mass is 10.1. The average molecular weight is 262 g/mol. The molecule has 0 amide bonds. The van der Waals surface area contributed by atoms with Crippen molar-refractivity contribution >= 4 is 0 Å². The van der Waals surface area contributed by atoms with Crippen molar-refractivity contribution in [2.45, 2.75) is 6.92 Å². The van der Waals surface area contributed by atoms with Gasteiger partial charge >= 0.3 is 0 Å². The SMILES string of the molecule is COc1cccc(-c2nc(O)c(C)c(=O)[nH]2)c1OC. The maximum Gasteiger partial charge on any atom is 0.257 e. The van der Waals surface area contributed by atoms with E-state index in [4.69, 9.17) is 9.47 Å². The Morgan fingerprint density at radius 3 is 2.58 bits per heavy atom. The van der Waals surface area contributed by atoms with Crippen LogP contribution in [0.5, 0.6) is 17.4 Å². The molecule has 6 nitrogen and oxygen atoms in total. The molecule has 0 aliphatic rings. The second kappa shape index (κ2) is 5.01. The molecule has 0 atom stereocenters. The summed E-state index contributed by atoms with van der Waals surface area (Å²) in [6, 6.07) is 5.19. The third-order valence-electron chi connectivity index (χ3n) is 2.78. The molecule has 0 aliphatic carbocycles. The molecule has 0 saturated carbocycles. The lowest BCUT2D eigenvalue weighted by Crippen LogP contribution is -2.12. The van der Waals surface area contributed by atoms with Crippen LogP contribution in [0.4, 0.5) is 0 Å². The summed E-state index contributed by atoms with van der Waals surface area (Å²) in [6.45, 7) is 1.49. The quantitative estimate of drug-likeness (QED) is 0.875. The Kier molecular flexibility index (Phi) is 3.41. The lowest BCUT2D eigenvalue weighted by molar-refractivity contribution is 0.356. The first-order valence-corrected chi connectivity index (χ1v) is 5.59. The second-order valence-electron chi connectivity index (χ2n) is 3.90. The van der Waals surface area contributed by atoms with Crippen molar-refractivity contribution in [2.75, 3.05) is 14.2 Å². The van der Waals surface area contributed by atoms with Crippen molar-refractivity contribution in [1.29, 1.82) is 0 Å². The van der Waals surface area contributed by atoms with Crippen molar-refractivity contribution in [3.63, 3.8) is 0 Å². The van der Waals surface area contributed by atoms with E-state index in [-0.39, 0.29) is 17.3 Å². The average Bonchev–Trinajstić information content (AvgIpc) is 2.43. The Labute approximate surface area is 109 Å². The molecule has 1 heterocycles. The van der Waals surface area contributed by atoms with Gasteiger partial charge in [0.05, 0.1) is 25.3 Å². The topological polar surface area (TPSA) is 84.4 Å².